The van der Waals surface area contributed by atoms with Crippen molar-refractivity contribution in [3.8, 4) is 5.75 Å². The van der Waals surface area contributed by atoms with Gasteiger partial charge in [0.2, 0.25) is 5.91 Å². The number of halogens is 1. The van der Waals surface area contributed by atoms with Gasteiger partial charge in [-0.05, 0) is 37.7 Å². The van der Waals surface area contributed by atoms with Gasteiger partial charge in [-0.25, -0.2) is 4.39 Å². The minimum absolute atomic E-state index is 0.129. The Bertz CT molecular complexity index is 813. The molecule has 1 N–H and O–H groups in total. The summed E-state index contributed by atoms with van der Waals surface area (Å²) in [6, 6.07) is 9.62. The van der Waals surface area contributed by atoms with E-state index in [4.69, 9.17) is 4.74 Å². The third-order valence-electron chi connectivity index (χ3n) is 4.02. The number of nitro benzene ring substituents is 1. The third kappa shape index (κ3) is 4.76. The van der Waals surface area contributed by atoms with Gasteiger partial charge in [-0.1, -0.05) is 12.1 Å². The van der Waals surface area contributed by atoms with E-state index >= 15 is 0 Å². The molecule has 7 nitrogen and oxygen atoms in total. The highest BCUT2D eigenvalue weighted by Crippen LogP contribution is 2.29. The van der Waals surface area contributed by atoms with Gasteiger partial charge in [-0.2, -0.15) is 0 Å². The first-order valence-corrected chi connectivity index (χ1v) is 7.89. The number of nitrogens with zero attached hydrogens (tertiary/aromatic N) is 2. The topological polar surface area (TPSA) is 84.7 Å². The van der Waals surface area contributed by atoms with Gasteiger partial charge in [0.1, 0.15) is 11.6 Å². The monoisotopic (exact) mass is 361 g/mol. The number of benzene rings is 2. The molecule has 26 heavy (non-hydrogen) atoms. The molecule has 0 saturated heterocycles. The summed E-state index contributed by atoms with van der Waals surface area (Å²) < 4.78 is 18.4. The number of hydrogen-bond acceptors (Lipinski definition) is 5. The lowest BCUT2D eigenvalue weighted by atomic mass is 10.1. The molecule has 0 aliphatic heterocycles. The number of anilines is 1. The molecule has 138 valence electrons. The number of ether oxygens (including phenoxy) is 1. The molecule has 8 heteroatoms. The van der Waals surface area contributed by atoms with Gasteiger partial charge in [0, 0.05) is 12.6 Å². The van der Waals surface area contributed by atoms with Crippen LogP contribution in [0.1, 0.15) is 12.5 Å². The molecule has 0 unspecified atom stereocenters. The predicted molar refractivity (Wildman–Crippen MR) is 95.6 cm³/mol. The molecule has 2 aromatic rings. The summed E-state index contributed by atoms with van der Waals surface area (Å²) in [6.45, 7) is 2.11. The van der Waals surface area contributed by atoms with Crippen LogP contribution < -0.4 is 10.1 Å². The standard InChI is InChI=1S/C18H20FN3O4/c1-12(21(2)11-13-5-4-6-14(19)9-13)18(23)20-16-8-7-15(22(24)25)10-17(16)26-3/h4-10,12H,11H2,1-3H3,(H,20,23)/t12-/m0/s1. The van der Waals surface area contributed by atoms with E-state index in [9.17, 15) is 19.3 Å². The van der Waals surface area contributed by atoms with Gasteiger partial charge < -0.3 is 10.1 Å². The lowest BCUT2D eigenvalue weighted by Gasteiger charge is -2.24. The lowest BCUT2D eigenvalue weighted by molar-refractivity contribution is -0.384. The molecule has 0 saturated carbocycles. The average molecular weight is 361 g/mol. The van der Waals surface area contributed by atoms with E-state index in [1.165, 1.54) is 37.4 Å². The van der Waals surface area contributed by atoms with E-state index in [2.05, 4.69) is 5.32 Å². The molecular formula is C18H20FN3O4. The number of nitrogens with one attached hydrogen (secondary N) is 1. The molecule has 0 radical (unpaired) electrons. The number of methoxy groups -OCH3 is 1. The Labute approximate surface area is 150 Å². The van der Waals surface area contributed by atoms with Crippen molar-refractivity contribution >= 4 is 17.3 Å². The second-order valence-electron chi connectivity index (χ2n) is 5.85. The van der Waals surface area contributed by atoms with Crippen LogP contribution in [0.2, 0.25) is 0 Å². The second-order valence-corrected chi connectivity index (χ2v) is 5.85. The summed E-state index contributed by atoms with van der Waals surface area (Å²) in [5.74, 6) is -0.438. The number of carbonyl (C=O) groups excluding carboxylic acids is 1. The van der Waals surface area contributed by atoms with Crippen molar-refractivity contribution in [3.63, 3.8) is 0 Å². The molecule has 1 atom stereocenters. The first kappa shape index (κ1) is 19.3. The fourth-order valence-corrected chi connectivity index (χ4v) is 2.39. The zero-order valence-electron chi connectivity index (χ0n) is 14.7. The van der Waals surface area contributed by atoms with Crippen molar-refractivity contribution in [2.24, 2.45) is 0 Å². The minimum Gasteiger partial charge on any atom is -0.494 e. The van der Waals surface area contributed by atoms with Crippen molar-refractivity contribution in [2.45, 2.75) is 19.5 Å². The fourth-order valence-electron chi connectivity index (χ4n) is 2.39. The van der Waals surface area contributed by atoms with Gasteiger partial charge in [0.05, 0.1) is 29.8 Å². The fraction of sp³-hybridized carbons (Fsp3) is 0.278. The maximum atomic E-state index is 13.3. The van der Waals surface area contributed by atoms with Gasteiger partial charge in [0.15, 0.2) is 0 Å². The molecule has 2 rings (SSSR count). The first-order chi connectivity index (χ1) is 12.3. The van der Waals surface area contributed by atoms with Crippen LogP contribution >= 0.6 is 0 Å². The molecular weight excluding hydrogens is 341 g/mol. The van der Waals surface area contributed by atoms with Gasteiger partial charge >= 0.3 is 0 Å². The van der Waals surface area contributed by atoms with Crippen LogP contribution in [0.4, 0.5) is 15.8 Å². The number of amides is 1. The van der Waals surface area contributed by atoms with E-state index in [0.717, 1.165) is 5.56 Å². The van der Waals surface area contributed by atoms with Crippen LogP contribution in [-0.2, 0) is 11.3 Å². The summed E-state index contributed by atoms with van der Waals surface area (Å²) >= 11 is 0. The predicted octanol–water partition coefficient (Wildman–Crippen LogP) is 3.20. The largest absolute Gasteiger partial charge is 0.494 e. The molecule has 0 bridgehead atoms. The number of likely N-dealkylation sites (N-methyl/N-ethyl adjacent to an activating group) is 1. The van der Waals surface area contributed by atoms with Gasteiger partial charge in [-0.3, -0.25) is 19.8 Å². The Balaban J connectivity index is 2.07. The van der Waals surface area contributed by atoms with Crippen molar-refractivity contribution in [1.29, 1.82) is 0 Å². The Hall–Kier alpha value is -3.00. The molecule has 0 fully saturated rings. The summed E-state index contributed by atoms with van der Waals surface area (Å²) in [5, 5.41) is 13.5. The number of nitro groups is 1. The van der Waals surface area contributed by atoms with E-state index in [0.29, 0.717) is 12.2 Å². The smallest absolute Gasteiger partial charge is 0.273 e. The zero-order valence-corrected chi connectivity index (χ0v) is 14.7. The Kier molecular flexibility index (Phi) is 6.24. The number of carbonyl (C=O) groups is 1. The maximum Gasteiger partial charge on any atom is 0.273 e. The quantitative estimate of drug-likeness (QED) is 0.605. The van der Waals surface area contributed by atoms with Crippen LogP contribution in [0.25, 0.3) is 0 Å². The Morgan fingerprint density at radius 1 is 1.35 bits per heavy atom. The van der Waals surface area contributed by atoms with Gasteiger partial charge in [0.25, 0.3) is 5.69 Å². The Morgan fingerprint density at radius 3 is 2.69 bits per heavy atom. The van der Waals surface area contributed by atoms with Crippen LogP contribution in [-0.4, -0.2) is 35.9 Å². The molecule has 0 aromatic heterocycles. The Morgan fingerprint density at radius 2 is 2.08 bits per heavy atom. The lowest BCUT2D eigenvalue weighted by Crippen LogP contribution is -2.39. The number of non-ortho nitro benzene ring substituents is 1. The summed E-state index contributed by atoms with van der Waals surface area (Å²) in [4.78, 5) is 24.5. The summed E-state index contributed by atoms with van der Waals surface area (Å²) in [5.41, 5.74) is 0.963. The maximum absolute atomic E-state index is 13.3. The molecule has 0 heterocycles. The van der Waals surface area contributed by atoms with E-state index in [-0.39, 0.29) is 23.2 Å². The SMILES string of the molecule is COc1cc([N+](=O)[O-])ccc1NC(=O)[C@H](C)N(C)Cc1cccc(F)c1. The number of rotatable bonds is 7. The van der Waals surface area contributed by atoms with Crippen molar-refractivity contribution < 1.29 is 18.8 Å². The van der Waals surface area contributed by atoms with Gasteiger partial charge in [-0.15, -0.1) is 0 Å². The highest BCUT2D eigenvalue weighted by atomic mass is 19.1. The van der Waals surface area contributed by atoms with E-state index < -0.39 is 11.0 Å². The van der Waals surface area contributed by atoms with Crippen LogP contribution in [0, 0.1) is 15.9 Å². The highest BCUT2D eigenvalue weighted by Gasteiger charge is 2.20. The molecule has 0 spiro atoms. The van der Waals surface area contributed by atoms with Crippen molar-refractivity contribution in [3.05, 3.63) is 64.0 Å². The normalized spacial score (nSPS) is 11.9. The summed E-state index contributed by atoms with van der Waals surface area (Å²) in [7, 11) is 3.12. The molecule has 0 aliphatic rings. The van der Waals surface area contributed by atoms with Crippen molar-refractivity contribution in [1.82, 2.24) is 4.90 Å². The van der Waals surface area contributed by atoms with Crippen LogP contribution in [0.5, 0.6) is 5.75 Å². The summed E-state index contributed by atoms with van der Waals surface area (Å²) in [6.07, 6.45) is 0. The minimum atomic E-state index is -0.538. The van der Waals surface area contributed by atoms with Crippen LogP contribution in [0.3, 0.4) is 0 Å². The number of hydrogen-bond donors (Lipinski definition) is 1. The third-order valence-corrected chi connectivity index (χ3v) is 4.02. The van der Waals surface area contributed by atoms with Crippen LogP contribution in [0.15, 0.2) is 42.5 Å². The average Bonchev–Trinajstić information content (AvgIpc) is 2.61. The van der Waals surface area contributed by atoms with Crippen molar-refractivity contribution in [2.75, 3.05) is 19.5 Å². The molecule has 1 amide bonds. The molecule has 0 aliphatic carbocycles. The second kappa shape index (κ2) is 8.39. The van der Waals surface area contributed by atoms with E-state index in [1.807, 2.05) is 0 Å². The zero-order chi connectivity index (χ0) is 19.3. The highest BCUT2D eigenvalue weighted by molar-refractivity contribution is 5.96. The van der Waals surface area contributed by atoms with E-state index in [1.54, 1.807) is 31.0 Å². The first-order valence-electron chi connectivity index (χ1n) is 7.89. The molecule has 2 aromatic carbocycles.